The molecule has 1 amide bonds. The minimum atomic E-state index is -0.698. The number of pyridine rings is 1. The Morgan fingerprint density at radius 3 is 2.64 bits per heavy atom. The second kappa shape index (κ2) is 7.16. The van der Waals surface area contributed by atoms with Gasteiger partial charge in [-0.1, -0.05) is 6.07 Å². The summed E-state index contributed by atoms with van der Waals surface area (Å²) in [4.78, 5) is 28.5. The number of rotatable bonds is 6. The van der Waals surface area contributed by atoms with Gasteiger partial charge in [0.25, 0.3) is 5.69 Å². The molecule has 0 aliphatic carbocycles. The number of nitro benzene ring substituents is 1. The molecule has 1 aromatic heterocycles. The summed E-state index contributed by atoms with van der Waals surface area (Å²) in [6.07, 6.45) is 4.15. The molecule has 0 unspecified atom stereocenters. The minimum absolute atomic E-state index is 0.105. The molecule has 0 saturated carbocycles. The Balaban J connectivity index is 1.70. The third-order valence-corrected chi connectivity index (χ3v) is 4.20. The summed E-state index contributed by atoms with van der Waals surface area (Å²) in [6, 6.07) is 8.06. The normalized spacial score (nSPS) is 13.7. The van der Waals surface area contributed by atoms with Gasteiger partial charge in [0.05, 0.1) is 4.92 Å². The van der Waals surface area contributed by atoms with Crippen molar-refractivity contribution in [2.24, 2.45) is 5.73 Å². The van der Waals surface area contributed by atoms with Crippen LogP contribution in [0, 0.1) is 10.1 Å². The van der Waals surface area contributed by atoms with Crippen LogP contribution in [0.4, 0.5) is 17.2 Å². The van der Waals surface area contributed by atoms with Crippen molar-refractivity contribution in [1.82, 2.24) is 4.98 Å². The first-order valence-corrected chi connectivity index (χ1v) is 8.06. The number of nitrogens with two attached hydrogens (primary N) is 1. The second-order valence-electron chi connectivity index (χ2n) is 5.93. The van der Waals surface area contributed by atoms with Gasteiger partial charge in [-0.05, 0) is 36.6 Å². The van der Waals surface area contributed by atoms with Crippen LogP contribution < -0.4 is 16.0 Å². The van der Waals surface area contributed by atoms with Crippen LogP contribution in [0.1, 0.15) is 28.8 Å². The molecule has 1 saturated heterocycles. The maximum Gasteiger partial charge on any atom is 0.293 e. The van der Waals surface area contributed by atoms with E-state index in [1.165, 1.54) is 31.0 Å². The highest BCUT2D eigenvalue weighted by atomic mass is 16.6. The zero-order chi connectivity index (χ0) is 17.8. The first-order chi connectivity index (χ1) is 12.0. The number of nitrogens with zero attached hydrogens (tertiary/aromatic N) is 3. The number of hydrogen-bond donors (Lipinski definition) is 2. The van der Waals surface area contributed by atoms with Crippen molar-refractivity contribution in [2.45, 2.75) is 19.4 Å². The van der Waals surface area contributed by atoms with E-state index in [9.17, 15) is 14.9 Å². The quantitative estimate of drug-likeness (QED) is 0.615. The van der Waals surface area contributed by atoms with Crippen molar-refractivity contribution in [2.75, 3.05) is 23.3 Å². The number of benzene rings is 1. The molecule has 0 bridgehead atoms. The number of amides is 1. The molecule has 1 aliphatic heterocycles. The van der Waals surface area contributed by atoms with E-state index in [1.807, 2.05) is 12.1 Å². The van der Waals surface area contributed by atoms with Gasteiger partial charge in [0.15, 0.2) is 0 Å². The summed E-state index contributed by atoms with van der Waals surface area (Å²) in [6.45, 7) is 2.45. The maximum absolute atomic E-state index is 11.2. The molecule has 0 atom stereocenters. The number of hydrogen-bond acceptors (Lipinski definition) is 6. The zero-order valence-corrected chi connectivity index (χ0v) is 13.6. The Labute approximate surface area is 144 Å². The molecule has 1 aliphatic rings. The van der Waals surface area contributed by atoms with Crippen LogP contribution in [0.5, 0.6) is 0 Å². The van der Waals surface area contributed by atoms with E-state index in [1.54, 1.807) is 6.20 Å². The first-order valence-electron chi connectivity index (χ1n) is 8.06. The second-order valence-corrected chi connectivity index (χ2v) is 5.93. The van der Waals surface area contributed by atoms with Gasteiger partial charge in [-0.2, -0.15) is 0 Å². The van der Waals surface area contributed by atoms with Gasteiger partial charge in [0.1, 0.15) is 11.5 Å². The molecule has 25 heavy (non-hydrogen) atoms. The average Bonchev–Trinajstić information content (AvgIpc) is 3.14. The van der Waals surface area contributed by atoms with E-state index < -0.39 is 10.8 Å². The van der Waals surface area contributed by atoms with Gasteiger partial charge in [-0.25, -0.2) is 4.98 Å². The van der Waals surface area contributed by atoms with Crippen molar-refractivity contribution < 1.29 is 9.72 Å². The van der Waals surface area contributed by atoms with Crippen LogP contribution >= 0.6 is 0 Å². The number of aromatic nitrogens is 1. The van der Waals surface area contributed by atoms with Gasteiger partial charge in [-0.3, -0.25) is 14.9 Å². The summed E-state index contributed by atoms with van der Waals surface area (Å²) in [7, 11) is 0. The van der Waals surface area contributed by atoms with Crippen molar-refractivity contribution in [1.29, 1.82) is 0 Å². The fourth-order valence-electron chi connectivity index (χ4n) is 2.84. The van der Waals surface area contributed by atoms with Crippen molar-refractivity contribution in [3.8, 4) is 0 Å². The Hall–Kier alpha value is -3.16. The number of nitro groups is 1. The predicted molar refractivity (Wildman–Crippen MR) is 94.6 cm³/mol. The average molecular weight is 341 g/mol. The molecule has 1 aromatic carbocycles. The Bertz CT molecular complexity index is 785. The number of nitrogens with one attached hydrogen (secondary N) is 1. The Morgan fingerprint density at radius 2 is 2.04 bits per heavy atom. The van der Waals surface area contributed by atoms with E-state index in [2.05, 4.69) is 15.2 Å². The fourth-order valence-corrected chi connectivity index (χ4v) is 2.84. The molecular formula is C17H19N5O3. The van der Waals surface area contributed by atoms with Crippen LogP contribution in [0.3, 0.4) is 0 Å². The molecule has 1 fully saturated rings. The Kier molecular flexibility index (Phi) is 4.78. The molecular weight excluding hydrogens is 322 g/mol. The molecule has 8 nitrogen and oxygen atoms in total. The summed E-state index contributed by atoms with van der Waals surface area (Å²) >= 11 is 0. The first kappa shape index (κ1) is 16.7. The highest BCUT2D eigenvalue weighted by Gasteiger charge is 2.17. The lowest BCUT2D eigenvalue weighted by Crippen LogP contribution is -2.18. The molecule has 3 N–H and O–H groups in total. The van der Waals surface area contributed by atoms with Gasteiger partial charge in [0.2, 0.25) is 5.91 Å². The van der Waals surface area contributed by atoms with E-state index in [0.29, 0.717) is 12.2 Å². The van der Waals surface area contributed by atoms with Crippen LogP contribution in [0.2, 0.25) is 0 Å². The summed E-state index contributed by atoms with van der Waals surface area (Å²) in [5.74, 6) is 0.259. The minimum Gasteiger partial charge on any atom is -0.375 e. The largest absolute Gasteiger partial charge is 0.375 e. The van der Waals surface area contributed by atoms with E-state index in [4.69, 9.17) is 5.73 Å². The lowest BCUT2D eigenvalue weighted by molar-refractivity contribution is -0.384. The van der Waals surface area contributed by atoms with Crippen molar-refractivity contribution >= 4 is 23.1 Å². The molecule has 0 spiro atoms. The van der Waals surface area contributed by atoms with E-state index in [-0.39, 0.29) is 11.3 Å². The lowest BCUT2D eigenvalue weighted by atomic mass is 10.1. The number of primary amides is 1. The Morgan fingerprint density at radius 1 is 1.28 bits per heavy atom. The molecule has 2 heterocycles. The molecule has 3 rings (SSSR count). The van der Waals surface area contributed by atoms with Gasteiger partial charge in [-0.15, -0.1) is 0 Å². The van der Waals surface area contributed by atoms with Crippen LogP contribution in [-0.4, -0.2) is 28.9 Å². The maximum atomic E-state index is 11.2. The van der Waals surface area contributed by atoms with Gasteiger partial charge < -0.3 is 16.0 Å². The zero-order valence-electron chi connectivity index (χ0n) is 13.6. The third-order valence-electron chi connectivity index (χ3n) is 4.20. The summed E-state index contributed by atoms with van der Waals surface area (Å²) < 4.78 is 0. The lowest BCUT2D eigenvalue weighted by Gasteiger charge is -2.16. The van der Waals surface area contributed by atoms with Gasteiger partial charge >= 0.3 is 0 Å². The molecule has 2 aromatic rings. The fraction of sp³-hybridized carbons (Fsp3) is 0.294. The van der Waals surface area contributed by atoms with Crippen LogP contribution in [-0.2, 0) is 6.54 Å². The number of anilines is 2. The standard InChI is InChI=1S/C17H19N5O3/c18-17(23)13-4-5-14(15(9-13)22(24)25)19-10-12-3-6-16(20-11-12)21-7-1-2-8-21/h3-6,9,11,19H,1-2,7-8,10H2,(H2,18,23). The molecule has 8 heteroatoms. The number of carbonyl (C=O) groups excluding carboxylic acids is 1. The molecule has 0 radical (unpaired) electrons. The topological polar surface area (TPSA) is 114 Å². The highest BCUT2D eigenvalue weighted by Crippen LogP contribution is 2.26. The smallest absolute Gasteiger partial charge is 0.293 e. The van der Waals surface area contributed by atoms with Crippen LogP contribution in [0.15, 0.2) is 36.5 Å². The SMILES string of the molecule is NC(=O)c1ccc(NCc2ccc(N3CCCC3)nc2)c([N+](=O)[O-])c1. The van der Waals surface area contributed by atoms with E-state index >= 15 is 0 Å². The predicted octanol–water partition coefficient (Wildman–Crippen LogP) is 2.30. The highest BCUT2D eigenvalue weighted by molar-refractivity contribution is 5.94. The summed E-state index contributed by atoms with van der Waals surface area (Å²) in [5.41, 5.74) is 6.34. The van der Waals surface area contributed by atoms with E-state index in [0.717, 1.165) is 24.5 Å². The van der Waals surface area contributed by atoms with Gasteiger partial charge in [0, 0.05) is 37.5 Å². The summed E-state index contributed by atoms with van der Waals surface area (Å²) in [5, 5.41) is 14.2. The van der Waals surface area contributed by atoms with Crippen molar-refractivity contribution in [3.05, 3.63) is 57.8 Å². The molecule has 130 valence electrons. The number of carbonyl (C=O) groups is 1. The monoisotopic (exact) mass is 341 g/mol. The van der Waals surface area contributed by atoms with Crippen LogP contribution in [0.25, 0.3) is 0 Å². The van der Waals surface area contributed by atoms with Crippen molar-refractivity contribution in [3.63, 3.8) is 0 Å². The third kappa shape index (κ3) is 3.85.